The van der Waals surface area contributed by atoms with Crippen LogP contribution in [0.15, 0.2) is 28.6 Å². The van der Waals surface area contributed by atoms with Gasteiger partial charge in [-0.3, -0.25) is 9.80 Å². The van der Waals surface area contributed by atoms with Crippen molar-refractivity contribution in [3.05, 3.63) is 34.3 Å². The van der Waals surface area contributed by atoms with E-state index in [0.29, 0.717) is 35.8 Å². The van der Waals surface area contributed by atoms with Gasteiger partial charge in [0.25, 0.3) is 0 Å². The third kappa shape index (κ3) is 3.20. The van der Waals surface area contributed by atoms with Crippen molar-refractivity contribution in [2.45, 2.75) is 44.9 Å². The highest BCUT2D eigenvalue weighted by Gasteiger charge is 2.37. The Hall–Kier alpha value is -1.99. The smallest absolute Gasteiger partial charge is 0.326 e. The van der Waals surface area contributed by atoms with Gasteiger partial charge in [-0.1, -0.05) is 11.6 Å². The molecule has 1 N–H and O–H groups in total. The molecular formula is C20H26ClFN4O2. The maximum atomic E-state index is 13.9. The Labute approximate surface area is 169 Å². The Balaban J connectivity index is 1.83. The monoisotopic (exact) mass is 408 g/mol. The maximum Gasteiger partial charge on any atom is 0.326 e. The highest BCUT2D eigenvalue weighted by Crippen LogP contribution is 2.41. The van der Waals surface area contributed by atoms with Crippen LogP contribution in [-0.4, -0.2) is 47.8 Å². The van der Waals surface area contributed by atoms with E-state index in [1.165, 1.54) is 17.4 Å². The molecule has 0 bridgehead atoms. The fourth-order valence-electron chi connectivity index (χ4n) is 4.29. The van der Waals surface area contributed by atoms with Crippen molar-refractivity contribution in [2.75, 3.05) is 37.0 Å². The summed E-state index contributed by atoms with van der Waals surface area (Å²) in [4.78, 5) is 17.6. The van der Waals surface area contributed by atoms with Gasteiger partial charge in [-0.05, 0) is 37.3 Å². The zero-order chi connectivity index (χ0) is 20.0. The molecule has 4 rings (SSSR count). The van der Waals surface area contributed by atoms with Crippen LogP contribution in [0.2, 0.25) is 0 Å². The van der Waals surface area contributed by atoms with Gasteiger partial charge in [-0.25, -0.2) is 9.18 Å². The zero-order valence-electron chi connectivity index (χ0n) is 16.3. The third-order valence-corrected chi connectivity index (χ3v) is 6.36. The Morgan fingerprint density at radius 2 is 1.93 bits per heavy atom. The van der Waals surface area contributed by atoms with E-state index in [1.54, 1.807) is 19.0 Å². The second-order valence-electron chi connectivity index (χ2n) is 7.75. The van der Waals surface area contributed by atoms with Gasteiger partial charge >= 0.3 is 6.03 Å². The lowest BCUT2D eigenvalue weighted by Gasteiger charge is -2.36. The number of piperidine rings is 1. The second kappa shape index (κ2) is 7.44. The van der Waals surface area contributed by atoms with Gasteiger partial charge in [0.15, 0.2) is 6.23 Å². The number of carbonyl (C=O) groups excluding carboxylic acids is 1. The number of hydrogen-bond donors (Lipinski definition) is 1. The Kier molecular flexibility index (Phi) is 5.14. The number of nitrogens with zero attached hydrogens (tertiary/aromatic N) is 4. The van der Waals surface area contributed by atoms with Gasteiger partial charge in [0, 0.05) is 44.7 Å². The first-order valence-corrected chi connectivity index (χ1v) is 10.2. The molecule has 1 aromatic rings. The van der Waals surface area contributed by atoms with Crippen molar-refractivity contribution in [2.24, 2.45) is 0 Å². The molecular weight excluding hydrogens is 383 g/mol. The van der Waals surface area contributed by atoms with Crippen molar-refractivity contribution in [1.82, 2.24) is 9.47 Å². The van der Waals surface area contributed by atoms with Gasteiger partial charge in [0.05, 0.1) is 17.9 Å². The van der Waals surface area contributed by atoms with Gasteiger partial charge in [-0.2, -0.15) is 0 Å². The minimum absolute atomic E-state index is 0.176. The van der Waals surface area contributed by atoms with Crippen LogP contribution in [0.3, 0.4) is 0 Å². The van der Waals surface area contributed by atoms with Gasteiger partial charge < -0.3 is 14.6 Å². The minimum atomic E-state index is -1.06. The highest BCUT2D eigenvalue weighted by atomic mass is 35.5. The number of aliphatic hydroxyl groups is 1. The summed E-state index contributed by atoms with van der Waals surface area (Å²) in [6.07, 6.45) is 4.67. The maximum absolute atomic E-state index is 13.9. The Bertz CT molecular complexity index is 857. The van der Waals surface area contributed by atoms with Crippen LogP contribution in [-0.2, 0) is 6.54 Å². The molecule has 0 spiro atoms. The molecule has 0 aromatic carbocycles. The molecule has 2 aliphatic heterocycles. The molecule has 8 heteroatoms. The standard InChI is InChI=1S/C20H26ClFN4O2/c1-23-16-11-17(25-8-4-3-5-9-25)26(18(16)19(27)24(2)20(23)28)12-13-10-14(22)6-7-15(13)21/h10-11,19,27H,3-9,12H2,1-2H3. The predicted molar refractivity (Wildman–Crippen MR) is 108 cm³/mol. The number of halogens is 2. The molecule has 0 saturated carbocycles. The summed E-state index contributed by atoms with van der Waals surface area (Å²) in [6, 6.07) is 1.70. The van der Waals surface area contributed by atoms with E-state index in [4.69, 9.17) is 11.6 Å². The van der Waals surface area contributed by atoms with Crippen LogP contribution in [0.25, 0.3) is 0 Å². The highest BCUT2D eigenvalue weighted by molar-refractivity contribution is 6.30. The van der Waals surface area contributed by atoms with Crippen LogP contribution in [0.4, 0.5) is 20.7 Å². The van der Waals surface area contributed by atoms with Crippen molar-refractivity contribution in [1.29, 1.82) is 0 Å². The molecule has 28 heavy (non-hydrogen) atoms. The molecule has 1 fully saturated rings. The summed E-state index contributed by atoms with van der Waals surface area (Å²) < 4.78 is 15.9. The first-order chi connectivity index (χ1) is 13.4. The summed E-state index contributed by atoms with van der Waals surface area (Å²) in [6.45, 7) is 2.20. The van der Waals surface area contributed by atoms with Crippen LogP contribution >= 0.6 is 11.6 Å². The molecule has 1 aromatic heterocycles. The zero-order valence-corrected chi connectivity index (χ0v) is 17.0. The van der Waals surface area contributed by atoms with E-state index in [0.717, 1.165) is 37.3 Å². The number of urea groups is 1. The molecule has 2 amide bonds. The summed E-state index contributed by atoms with van der Waals surface area (Å²) >= 11 is 6.41. The lowest BCUT2D eigenvalue weighted by molar-refractivity contribution is 0.0382. The fraction of sp³-hybridized carbons (Fsp3) is 0.550. The van der Waals surface area contributed by atoms with Crippen molar-refractivity contribution in [3.8, 4) is 0 Å². The molecule has 152 valence electrons. The molecule has 3 heterocycles. The number of allylic oxidation sites excluding steroid dienone is 4. The molecule has 1 atom stereocenters. The van der Waals surface area contributed by atoms with Crippen molar-refractivity contribution >= 4 is 29.1 Å². The first kappa shape index (κ1) is 19.3. The van der Waals surface area contributed by atoms with Gasteiger partial charge in [0.1, 0.15) is 11.6 Å². The van der Waals surface area contributed by atoms with Crippen molar-refractivity contribution < 1.29 is 14.3 Å². The molecule has 1 unspecified atom stereocenters. The lowest BCUT2D eigenvalue weighted by Crippen LogP contribution is -2.46. The largest absolute Gasteiger partial charge is 0.368 e. The summed E-state index contributed by atoms with van der Waals surface area (Å²) in [5, 5.41) is 11.5. The summed E-state index contributed by atoms with van der Waals surface area (Å²) in [5.74, 6) is 0.764. The third-order valence-electron chi connectivity index (χ3n) is 5.93. The number of aliphatic hydroxyl groups excluding tert-OH is 1. The number of carbonyl (C=O) groups is 1. The van der Waals surface area contributed by atoms with Crippen LogP contribution in [0.5, 0.6) is 0 Å². The van der Waals surface area contributed by atoms with Crippen molar-refractivity contribution in [3.63, 3.8) is 0 Å². The quantitative estimate of drug-likeness (QED) is 0.818. The second-order valence-corrected chi connectivity index (χ2v) is 8.21. The van der Waals surface area contributed by atoms with E-state index >= 15 is 0 Å². The summed E-state index contributed by atoms with van der Waals surface area (Å²) in [5.41, 5.74) is 2.05. The van der Waals surface area contributed by atoms with E-state index in [1.807, 2.05) is 10.6 Å². The number of amides is 2. The van der Waals surface area contributed by atoms with E-state index in [2.05, 4.69) is 4.90 Å². The fourth-order valence-corrected chi connectivity index (χ4v) is 4.49. The number of fused-ring (bicyclic) bond motifs is 1. The van der Waals surface area contributed by atoms with Crippen LogP contribution in [0, 0.1) is 0 Å². The topological polar surface area (TPSA) is 52.0 Å². The Morgan fingerprint density at radius 3 is 2.64 bits per heavy atom. The molecule has 6 nitrogen and oxygen atoms in total. The Morgan fingerprint density at radius 1 is 1.21 bits per heavy atom. The molecule has 3 aliphatic rings. The molecule has 1 saturated heterocycles. The van der Waals surface area contributed by atoms with Gasteiger partial charge in [0.2, 0.25) is 0 Å². The first-order valence-electron chi connectivity index (χ1n) is 9.79. The molecule has 0 radical (unpaired) electrons. The van der Waals surface area contributed by atoms with E-state index in [-0.39, 0.29) is 11.9 Å². The summed E-state index contributed by atoms with van der Waals surface area (Å²) in [7, 11) is 3.29. The lowest BCUT2D eigenvalue weighted by atomic mass is 10.1. The van der Waals surface area contributed by atoms with Crippen LogP contribution in [0.1, 0.15) is 44.0 Å². The average Bonchev–Trinajstić information content (AvgIpc) is 3.07. The number of aromatic nitrogens is 1. The molecule has 1 aliphatic carbocycles. The van der Waals surface area contributed by atoms with E-state index in [9.17, 15) is 14.3 Å². The normalized spacial score (nSPS) is 23.3. The van der Waals surface area contributed by atoms with E-state index < -0.39 is 6.23 Å². The SMILES string of the molecule is CN1C(=O)N(C)C(O)c2c1cc(N1CCCCC1)n2CC1=C(Cl)CCC(F)=C1. The predicted octanol–water partition coefficient (Wildman–Crippen LogP) is 4.11. The minimum Gasteiger partial charge on any atom is -0.368 e. The van der Waals surface area contributed by atoms with Crippen LogP contribution < -0.4 is 9.80 Å². The number of rotatable bonds is 3. The number of hydrogen-bond acceptors (Lipinski definition) is 3. The number of anilines is 2. The van der Waals surface area contributed by atoms with Gasteiger partial charge in [-0.15, -0.1) is 0 Å². The average molecular weight is 409 g/mol.